The zero-order chi connectivity index (χ0) is 17.6. The molecule has 1 aromatic carbocycles. The van der Waals surface area contributed by atoms with Gasteiger partial charge in [0.25, 0.3) is 0 Å². The van der Waals surface area contributed by atoms with Gasteiger partial charge < -0.3 is 0 Å². The molecule has 2 aromatic heterocycles. The Balaban J connectivity index is 2.34. The largest absolute Gasteiger partial charge is 0.419 e. The van der Waals surface area contributed by atoms with Crippen LogP contribution < -0.4 is 0 Å². The molecule has 9 heteroatoms. The number of hydrogen-bond acceptors (Lipinski definition) is 4. The summed E-state index contributed by atoms with van der Waals surface area (Å²) in [5.41, 5.74) is -1.06. The molecule has 0 aliphatic rings. The highest BCUT2D eigenvalue weighted by Crippen LogP contribution is 2.36. The molecular formula is C15H9F5N4. The Labute approximate surface area is 132 Å². The lowest BCUT2D eigenvalue weighted by molar-refractivity contribution is -0.140. The van der Waals surface area contributed by atoms with Crippen molar-refractivity contribution in [1.29, 1.82) is 0 Å². The van der Waals surface area contributed by atoms with E-state index in [-0.39, 0.29) is 22.9 Å². The number of rotatable bonds is 1. The van der Waals surface area contributed by atoms with Gasteiger partial charge in [0.15, 0.2) is 5.65 Å². The lowest BCUT2D eigenvalue weighted by Crippen LogP contribution is -2.09. The van der Waals surface area contributed by atoms with Crippen LogP contribution in [0.4, 0.5) is 22.0 Å². The van der Waals surface area contributed by atoms with Crippen LogP contribution in [-0.2, 0) is 6.18 Å². The fourth-order valence-electron chi connectivity index (χ4n) is 2.19. The smallest absolute Gasteiger partial charge is 0.246 e. The number of nitrogens with zero attached hydrogens (tertiary/aromatic N) is 4. The van der Waals surface area contributed by atoms with Crippen LogP contribution in [0, 0.1) is 25.5 Å². The van der Waals surface area contributed by atoms with Gasteiger partial charge >= 0.3 is 6.18 Å². The Morgan fingerprint density at radius 1 is 0.875 bits per heavy atom. The van der Waals surface area contributed by atoms with Crippen LogP contribution in [-0.4, -0.2) is 19.9 Å². The highest BCUT2D eigenvalue weighted by atomic mass is 19.4. The Kier molecular flexibility index (Phi) is 3.66. The minimum Gasteiger partial charge on any atom is -0.246 e. The average Bonchev–Trinajstić information content (AvgIpc) is 2.47. The first-order valence-electron chi connectivity index (χ1n) is 6.71. The summed E-state index contributed by atoms with van der Waals surface area (Å²) in [5.74, 6) is -2.87. The standard InChI is InChI=1S/C15H9F5N4/c1-6-7(2)24-14-13(23-6)12(21-5-22-14)8-3-9(15(18,19)20)11(17)4-10(8)16/h3-5H,1-2H3. The molecule has 3 aromatic rings. The minimum atomic E-state index is -4.96. The molecule has 0 radical (unpaired) electrons. The SMILES string of the molecule is Cc1nc2ncnc(-c3cc(C(F)(F)F)c(F)cc3F)c2nc1C. The lowest BCUT2D eigenvalue weighted by Gasteiger charge is -2.12. The van der Waals surface area contributed by atoms with Crippen molar-refractivity contribution in [1.82, 2.24) is 19.9 Å². The minimum absolute atomic E-state index is 0.0410. The molecule has 124 valence electrons. The van der Waals surface area contributed by atoms with Crippen molar-refractivity contribution in [3.63, 3.8) is 0 Å². The van der Waals surface area contributed by atoms with Crippen molar-refractivity contribution < 1.29 is 22.0 Å². The molecule has 24 heavy (non-hydrogen) atoms. The Hall–Kier alpha value is -2.71. The van der Waals surface area contributed by atoms with Gasteiger partial charge in [-0.15, -0.1) is 0 Å². The van der Waals surface area contributed by atoms with Gasteiger partial charge in [-0.1, -0.05) is 0 Å². The fourth-order valence-corrected chi connectivity index (χ4v) is 2.19. The molecule has 3 rings (SSSR count). The van der Waals surface area contributed by atoms with Crippen LogP contribution in [0.5, 0.6) is 0 Å². The summed E-state index contributed by atoms with van der Waals surface area (Å²) < 4.78 is 66.2. The van der Waals surface area contributed by atoms with E-state index in [1.807, 2.05) is 0 Å². The van der Waals surface area contributed by atoms with Gasteiger partial charge in [-0.3, -0.25) is 0 Å². The van der Waals surface area contributed by atoms with E-state index in [9.17, 15) is 22.0 Å². The molecule has 0 bridgehead atoms. The second-order valence-corrected chi connectivity index (χ2v) is 5.10. The summed E-state index contributed by atoms with van der Waals surface area (Å²) in [6, 6.07) is 0.559. The lowest BCUT2D eigenvalue weighted by atomic mass is 10.0. The normalized spacial score (nSPS) is 12.0. The highest BCUT2D eigenvalue weighted by Gasteiger charge is 2.35. The molecule has 0 atom stereocenters. The number of benzene rings is 1. The van der Waals surface area contributed by atoms with E-state index in [2.05, 4.69) is 19.9 Å². The van der Waals surface area contributed by atoms with Crippen molar-refractivity contribution in [3.8, 4) is 11.3 Å². The van der Waals surface area contributed by atoms with E-state index in [0.29, 0.717) is 17.5 Å². The van der Waals surface area contributed by atoms with E-state index in [1.54, 1.807) is 13.8 Å². The van der Waals surface area contributed by atoms with Crippen molar-refractivity contribution in [2.45, 2.75) is 20.0 Å². The zero-order valence-corrected chi connectivity index (χ0v) is 12.4. The molecule has 0 spiro atoms. The summed E-state index contributed by atoms with van der Waals surface area (Å²) in [5, 5.41) is 0. The van der Waals surface area contributed by atoms with E-state index < -0.39 is 28.9 Å². The predicted octanol–water partition coefficient (Wildman–Crippen LogP) is 4.00. The second kappa shape index (κ2) is 5.43. The molecule has 0 aliphatic carbocycles. The molecule has 0 unspecified atom stereocenters. The van der Waals surface area contributed by atoms with Crippen LogP contribution in [0.1, 0.15) is 17.0 Å². The van der Waals surface area contributed by atoms with E-state index in [1.165, 1.54) is 0 Å². The number of fused-ring (bicyclic) bond motifs is 1. The van der Waals surface area contributed by atoms with Crippen LogP contribution in [0.25, 0.3) is 22.4 Å². The van der Waals surface area contributed by atoms with Crippen LogP contribution in [0.3, 0.4) is 0 Å². The third kappa shape index (κ3) is 2.66. The molecule has 0 N–H and O–H groups in total. The number of aromatic nitrogens is 4. The molecule has 0 aliphatic heterocycles. The molecule has 2 heterocycles. The summed E-state index contributed by atoms with van der Waals surface area (Å²) in [6.07, 6.45) is -3.93. The van der Waals surface area contributed by atoms with Gasteiger partial charge in [-0.2, -0.15) is 13.2 Å². The summed E-state index contributed by atoms with van der Waals surface area (Å²) >= 11 is 0. The number of halogens is 5. The van der Waals surface area contributed by atoms with Crippen LogP contribution in [0.2, 0.25) is 0 Å². The maximum Gasteiger partial charge on any atom is 0.419 e. The van der Waals surface area contributed by atoms with Gasteiger partial charge in [0.2, 0.25) is 0 Å². The second-order valence-electron chi connectivity index (χ2n) is 5.10. The van der Waals surface area contributed by atoms with Crippen LogP contribution in [0.15, 0.2) is 18.5 Å². The Morgan fingerprint density at radius 2 is 1.54 bits per heavy atom. The maximum absolute atomic E-state index is 14.1. The molecule has 0 saturated heterocycles. The third-order valence-corrected chi connectivity index (χ3v) is 3.50. The van der Waals surface area contributed by atoms with Gasteiger partial charge in [-0.25, -0.2) is 28.7 Å². The van der Waals surface area contributed by atoms with E-state index in [4.69, 9.17) is 0 Å². The average molecular weight is 340 g/mol. The topological polar surface area (TPSA) is 51.6 Å². The maximum atomic E-state index is 14.1. The quantitative estimate of drug-likeness (QED) is 0.628. The van der Waals surface area contributed by atoms with Gasteiger partial charge in [0.1, 0.15) is 29.2 Å². The van der Waals surface area contributed by atoms with Gasteiger partial charge in [0, 0.05) is 11.6 Å². The molecule has 0 amide bonds. The van der Waals surface area contributed by atoms with Gasteiger partial charge in [0.05, 0.1) is 17.0 Å². The predicted molar refractivity (Wildman–Crippen MR) is 75.0 cm³/mol. The Bertz CT molecular complexity index is 953. The van der Waals surface area contributed by atoms with Crippen LogP contribution >= 0.6 is 0 Å². The first kappa shape index (κ1) is 16.2. The van der Waals surface area contributed by atoms with Crippen molar-refractivity contribution in [3.05, 3.63) is 47.0 Å². The zero-order valence-electron chi connectivity index (χ0n) is 12.4. The van der Waals surface area contributed by atoms with Crippen molar-refractivity contribution in [2.24, 2.45) is 0 Å². The van der Waals surface area contributed by atoms with E-state index >= 15 is 0 Å². The molecule has 0 saturated carbocycles. The molecular weight excluding hydrogens is 331 g/mol. The first-order chi connectivity index (χ1) is 11.2. The van der Waals surface area contributed by atoms with Gasteiger partial charge in [-0.05, 0) is 19.9 Å². The summed E-state index contributed by atoms with van der Waals surface area (Å²) in [6.45, 7) is 3.32. The number of aryl methyl sites for hydroxylation is 2. The highest BCUT2D eigenvalue weighted by molar-refractivity contribution is 5.87. The summed E-state index contributed by atoms with van der Waals surface area (Å²) in [4.78, 5) is 16.0. The monoisotopic (exact) mass is 340 g/mol. The third-order valence-electron chi connectivity index (χ3n) is 3.50. The van der Waals surface area contributed by atoms with E-state index in [0.717, 1.165) is 6.33 Å². The number of alkyl halides is 3. The fraction of sp³-hybridized carbons (Fsp3) is 0.200. The Morgan fingerprint density at radius 3 is 2.21 bits per heavy atom. The van der Waals surface area contributed by atoms with Crippen molar-refractivity contribution >= 4 is 11.2 Å². The first-order valence-corrected chi connectivity index (χ1v) is 6.71. The summed E-state index contributed by atoms with van der Waals surface area (Å²) in [7, 11) is 0. The number of hydrogen-bond donors (Lipinski definition) is 0. The van der Waals surface area contributed by atoms with Crippen molar-refractivity contribution in [2.75, 3.05) is 0 Å². The molecule has 4 nitrogen and oxygen atoms in total. The molecule has 0 fully saturated rings.